The molecule has 0 saturated heterocycles. The first-order valence-electron chi connectivity index (χ1n) is 8.33. The third-order valence-corrected chi connectivity index (χ3v) is 6.29. The SMILES string of the molecule is CC(=O)Nc1ccc([As](=O)(O)OO)cc1.O=C(O)c1nc(-c2cncnc2)ccc1Cl. The predicted octanol–water partition coefficient (Wildman–Crippen LogP) is 1.59. The number of hydrogen-bond donors (Lipinski definition) is 4. The molecule has 0 saturated carbocycles. The average Bonchev–Trinajstić information content (AvgIpc) is 2.75. The van der Waals surface area contributed by atoms with Crippen LogP contribution in [0.15, 0.2) is 55.1 Å². The van der Waals surface area contributed by atoms with Gasteiger partial charge in [-0.25, -0.2) is 19.7 Å². The Kier molecular flexibility index (Phi) is 8.43. The van der Waals surface area contributed by atoms with Crippen molar-refractivity contribution in [1.29, 1.82) is 0 Å². The Hall–Kier alpha value is -3.08. The van der Waals surface area contributed by atoms with Crippen molar-refractivity contribution in [2.75, 3.05) is 5.32 Å². The van der Waals surface area contributed by atoms with E-state index in [9.17, 15) is 13.3 Å². The van der Waals surface area contributed by atoms with E-state index in [1.54, 1.807) is 18.5 Å². The quantitative estimate of drug-likeness (QED) is 0.224. The minimum atomic E-state index is -4.76. The number of carboxylic acid groups (broad SMARTS) is 1. The van der Waals surface area contributed by atoms with Gasteiger partial charge in [-0.05, 0) is 12.1 Å². The summed E-state index contributed by atoms with van der Waals surface area (Å²) in [7, 11) is 0. The first-order chi connectivity index (χ1) is 14.6. The van der Waals surface area contributed by atoms with Gasteiger partial charge in [0.15, 0.2) is 5.69 Å². The van der Waals surface area contributed by atoms with Gasteiger partial charge in [0.2, 0.25) is 0 Å². The van der Waals surface area contributed by atoms with Crippen LogP contribution in [-0.4, -0.2) is 55.5 Å². The minimum Gasteiger partial charge on any atom is -0.476 e. The fourth-order valence-electron chi connectivity index (χ4n) is 2.17. The Labute approximate surface area is 183 Å². The Morgan fingerprint density at radius 3 is 2.23 bits per heavy atom. The molecule has 0 aliphatic carbocycles. The molecule has 1 aromatic carbocycles. The summed E-state index contributed by atoms with van der Waals surface area (Å²) in [4.78, 5) is 33.1. The Morgan fingerprint density at radius 2 is 1.71 bits per heavy atom. The van der Waals surface area contributed by atoms with Gasteiger partial charge in [0, 0.05) is 18.0 Å². The standard InChI is InChI=1S/C10H6ClN3O2.C8H10AsNO5/c11-7-1-2-8(14-9(7)10(15)16)6-3-12-5-13-4-6;1-6(11)10-8-4-2-7(3-5-8)9(12,13)15-14/h1-5H,(H,15,16);2-5,14H,1H3,(H,10,11)(H,12,13). The molecule has 2 aromatic heterocycles. The summed E-state index contributed by atoms with van der Waals surface area (Å²) >= 11 is 0.941. The Morgan fingerprint density at radius 1 is 1.10 bits per heavy atom. The summed E-state index contributed by atoms with van der Waals surface area (Å²) in [5.74, 6) is -1.40. The van der Waals surface area contributed by atoms with Crippen LogP contribution in [0.3, 0.4) is 0 Å². The number of benzene rings is 1. The monoisotopic (exact) mass is 510 g/mol. The fourth-order valence-corrected chi connectivity index (χ4v) is 3.65. The molecular formula is C18H16AsClN4O7. The summed E-state index contributed by atoms with van der Waals surface area (Å²) in [6.45, 7) is 1.35. The number of aromatic carboxylic acids is 1. The molecule has 2 heterocycles. The molecule has 13 heteroatoms. The smallest absolute Gasteiger partial charge is 0.356 e. The molecule has 0 spiro atoms. The number of hydrogen-bond acceptors (Lipinski definition) is 8. The molecule has 11 nitrogen and oxygen atoms in total. The molecule has 1 amide bonds. The number of anilines is 1. The van der Waals surface area contributed by atoms with Crippen molar-refractivity contribution >= 4 is 47.7 Å². The number of carbonyl (C=O) groups is 2. The summed E-state index contributed by atoms with van der Waals surface area (Å²) < 4.78 is 23.8. The first-order valence-corrected chi connectivity index (χ1v) is 12.0. The van der Waals surface area contributed by atoms with E-state index in [1.807, 2.05) is 0 Å². The Balaban J connectivity index is 0.000000221. The summed E-state index contributed by atoms with van der Waals surface area (Å²) in [6, 6.07) is 8.61. The van der Waals surface area contributed by atoms with Gasteiger partial charge in [-0.2, -0.15) is 0 Å². The number of carboxylic acids is 1. The second-order valence-corrected chi connectivity index (χ2v) is 9.81. The number of nitrogens with one attached hydrogen (secondary N) is 1. The zero-order valence-electron chi connectivity index (χ0n) is 15.8. The maximum absolute atomic E-state index is 11.2. The second-order valence-electron chi connectivity index (χ2n) is 5.79. The van der Waals surface area contributed by atoms with Gasteiger partial charge >= 0.3 is 94.4 Å². The van der Waals surface area contributed by atoms with Crippen LogP contribution in [0.1, 0.15) is 17.4 Å². The molecule has 0 aliphatic heterocycles. The van der Waals surface area contributed by atoms with Crippen LogP contribution < -0.4 is 9.67 Å². The van der Waals surface area contributed by atoms with Crippen molar-refractivity contribution in [3.05, 3.63) is 65.8 Å². The van der Waals surface area contributed by atoms with Crippen LogP contribution in [0.25, 0.3) is 11.3 Å². The van der Waals surface area contributed by atoms with Crippen molar-refractivity contribution in [2.24, 2.45) is 0 Å². The van der Waals surface area contributed by atoms with E-state index in [2.05, 4.69) is 24.1 Å². The third kappa shape index (κ3) is 6.98. The third-order valence-electron chi connectivity index (χ3n) is 3.53. The van der Waals surface area contributed by atoms with Crippen LogP contribution in [0.2, 0.25) is 5.02 Å². The van der Waals surface area contributed by atoms with E-state index in [4.69, 9.17) is 26.1 Å². The fraction of sp³-hybridized carbons (Fsp3) is 0.0556. The van der Waals surface area contributed by atoms with E-state index in [0.717, 1.165) is 0 Å². The van der Waals surface area contributed by atoms with Crippen LogP contribution in [-0.2, 0) is 12.4 Å². The summed E-state index contributed by atoms with van der Waals surface area (Å²) in [5, 5.41) is 19.7. The van der Waals surface area contributed by atoms with Gasteiger partial charge < -0.3 is 5.11 Å². The van der Waals surface area contributed by atoms with Gasteiger partial charge in [0.05, 0.1) is 10.7 Å². The summed E-state index contributed by atoms with van der Waals surface area (Å²) in [5.41, 5.74) is 1.44. The Bertz CT molecular complexity index is 1110. The first kappa shape index (κ1) is 24.2. The average molecular weight is 511 g/mol. The molecular weight excluding hydrogens is 495 g/mol. The molecule has 1 atom stereocenters. The maximum atomic E-state index is 11.2. The maximum Gasteiger partial charge on any atom is 0.356 e. The van der Waals surface area contributed by atoms with Crippen molar-refractivity contribution in [3.8, 4) is 11.3 Å². The van der Waals surface area contributed by atoms with Crippen molar-refractivity contribution in [2.45, 2.75) is 6.92 Å². The number of amides is 1. The molecule has 0 radical (unpaired) electrons. The van der Waals surface area contributed by atoms with E-state index in [1.165, 1.54) is 43.6 Å². The van der Waals surface area contributed by atoms with Gasteiger partial charge in [-0.3, -0.25) is 0 Å². The number of aromatic nitrogens is 3. The molecule has 0 bridgehead atoms. The van der Waals surface area contributed by atoms with E-state index in [-0.39, 0.29) is 21.0 Å². The topological polar surface area (TPSA) is 172 Å². The molecule has 1 unspecified atom stereocenters. The minimum absolute atomic E-state index is 0.00438. The predicted molar refractivity (Wildman–Crippen MR) is 110 cm³/mol. The molecule has 0 fully saturated rings. The number of pyridine rings is 1. The summed E-state index contributed by atoms with van der Waals surface area (Å²) in [6.07, 6.45) is 4.49. The number of halogens is 1. The normalized spacial score (nSPS) is 12.1. The number of nitrogens with zero attached hydrogens (tertiary/aromatic N) is 3. The van der Waals surface area contributed by atoms with Crippen molar-refractivity contribution in [1.82, 2.24) is 15.0 Å². The number of rotatable bonds is 5. The molecule has 3 rings (SSSR count). The largest absolute Gasteiger partial charge is 0.476 e. The van der Waals surface area contributed by atoms with E-state index >= 15 is 0 Å². The molecule has 3 aromatic rings. The molecule has 31 heavy (non-hydrogen) atoms. The van der Waals surface area contributed by atoms with Crippen LogP contribution >= 0.6 is 11.6 Å². The molecule has 162 valence electrons. The number of carbonyl (C=O) groups excluding carboxylic acids is 1. The van der Waals surface area contributed by atoms with Crippen LogP contribution in [0.5, 0.6) is 0 Å². The van der Waals surface area contributed by atoms with Gasteiger partial charge in [0.25, 0.3) is 0 Å². The van der Waals surface area contributed by atoms with Crippen molar-refractivity contribution < 1.29 is 31.7 Å². The van der Waals surface area contributed by atoms with E-state index < -0.39 is 20.1 Å². The zero-order valence-corrected chi connectivity index (χ0v) is 18.5. The molecule has 4 N–H and O–H groups in total. The van der Waals surface area contributed by atoms with E-state index in [0.29, 0.717) is 16.9 Å². The van der Waals surface area contributed by atoms with Gasteiger partial charge in [-0.1, -0.05) is 11.6 Å². The van der Waals surface area contributed by atoms with Crippen LogP contribution in [0.4, 0.5) is 5.69 Å². The van der Waals surface area contributed by atoms with Gasteiger partial charge in [-0.15, -0.1) is 0 Å². The zero-order chi connectivity index (χ0) is 23.0. The molecule has 0 aliphatic rings. The van der Waals surface area contributed by atoms with Gasteiger partial charge in [0.1, 0.15) is 6.33 Å². The second kappa shape index (κ2) is 10.8. The van der Waals surface area contributed by atoms with Crippen molar-refractivity contribution in [3.63, 3.8) is 0 Å². The van der Waals surface area contributed by atoms with Crippen LogP contribution in [0, 0.1) is 0 Å².